The highest BCUT2D eigenvalue weighted by molar-refractivity contribution is 5.93. The van der Waals surface area contributed by atoms with Gasteiger partial charge in [-0.3, -0.25) is 4.79 Å². The summed E-state index contributed by atoms with van der Waals surface area (Å²) >= 11 is 0. The Morgan fingerprint density at radius 1 is 1.32 bits per heavy atom. The van der Waals surface area contributed by atoms with Crippen LogP contribution in [0.15, 0.2) is 34.9 Å². The van der Waals surface area contributed by atoms with Gasteiger partial charge in [0.05, 0.1) is 6.61 Å². The average Bonchev–Trinajstić information content (AvgIpc) is 2.91. The van der Waals surface area contributed by atoms with Gasteiger partial charge in [0.25, 0.3) is 5.91 Å². The number of carbonyl (C=O) groups is 2. The molecular formula is C15H16N2O5. The summed E-state index contributed by atoms with van der Waals surface area (Å²) in [4.78, 5) is 23.5. The molecule has 2 rings (SSSR count). The predicted molar refractivity (Wildman–Crippen MR) is 77.8 cm³/mol. The van der Waals surface area contributed by atoms with Crippen LogP contribution in [0.25, 0.3) is 0 Å². The van der Waals surface area contributed by atoms with E-state index in [-0.39, 0.29) is 24.5 Å². The molecule has 7 heteroatoms. The van der Waals surface area contributed by atoms with Crippen molar-refractivity contribution in [3.8, 4) is 5.75 Å². The number of esters is 1. The van der Waals surface area contributed by atoms with Gasteiger partial charge in [0.2, 0.25) is 0 Å². The summed E-state index contributed by atoms with van der Waals surface area (Å²) in [7, 11) is 0. The van der Waals surface area contributed by atoms with Crippen LogP contribution in [0.5, 0.6) is 5.75 Å². The van der Waals surface area contributed by atoms with Gasteiger partial charge in [0, 0.05) is 6.07 Å². The van der Waals surface area contributed by atoms with Gasteiger partial charge in [-0.05, 0) is 26.0 Å². The molecule has 0 saturated heterocycles. The van der Waals surface area contributed by atoms with E-state index in [9.17, 15) is 9.59 Å². The summed E-state index contributed by atoms with van der Waals surface area (Å²) in [5.74, 6) is 0.277. The zero-order valence-corrected chi connectivity index (χ0v) is 12.3. The molecule has 2 aromatic rings. The highest BCUT2D eigenvalue weighted by Crippen LogP contribution is 2.19. The Kier molecular flexibility index (Phi) is 5.13. The van der Waals surface area contributed by atoms with Gasteiger partial charge in [-0.2, -0.15) is 0 Å². The lowest BCUT2D eigenvalue weighted by Gasteiger charge is -2.10. The van der Waals surface area contributed by atoms with Gasteiger partial charge in [0.1, 0.15) is 17.1 Å². The van der Waals surface area contributed by atoms with Crippen LogP contribution >= 0.6 is 0 Å². The van der Waals surface area contributed by atoms with Crippen LogP contribution in [0, 0.1) is 6.92 Å². The van der Waals surface area contributed by atoms with Crippen molar-refractivity contribution in [2.45, 2.75) is 13.8 Å². The largest absolute Gasteiger partial charge is 0.483 e. The first-order valence-electron chi connectivity index (χ1n) is 6.72. The molecule has 0 bridgehead atoms. The molecule has 0 aliphatic heterocycles. The number of para-hydroxylation sites is 1. The van der Waals surface area contributed by atoms with E-state index in [4.69, 9.17) is 14.0 Å². The lowest BCUT2D eigenvalue weighted by Crippen LogP contribution is -2.21. The predicted octanol–water partition coefficient (Wildman–Crippen LogP) is 2.18. The molecule has 0 aliphatic rings. The van der Waals surface area contributed by atoms with E-state index < -0.39 is 11.9 Å². The molecule has 1 amide bonds. The van der Waals surface area contributed by atoms with Gasteiger partial charge >= 0.3 is 5.97 Å². The fourth-order valence-electron chi connectivity index (χ4n) is 1.72. The zero-order valence-electron chi connectivity index (χ0n) is 12.3. The lowest BCUT2D eigenvalue weighted by molar-refractivity contribution is -0.118. The first kappa shape index (κ1) is 15.6. The van der Waals surface area contributed by atoms with Crippen LogP contribution in [0.4, 0.5) is 5.82 Å². The van der Waals surface area contributed by atoms with E-state index >= 15 is 0 Å². The first-order chi connectivity index (χ1) is 10.6. The number of aryl methyl sites for hydroxylation is 1. The minimum Gasteiger partial charge on any atom is -0.483 e. The molecule has 22 heavy (non-hydrogen) atoms. The molecule has 0 aliphatic carbocycles. The van der Waals surface area contributed by atoms with Crippen LogP contribution in [-0.2, 0) is 9.53 Å². The quantitative estimate of drug-likeness (QED) is 0.823. The fourth-order valence-corrected chi connectivity index (χ4v) is 1.72. The molecule has 0 radical (unpaired) electrons. The van der Waals surface area contributed by atoms with E-state index in [0.717, 1.165) is 0 Å². The zero-order chi connectivity index (χ0) is 15.9. The smallest absolute Gasteiger partial charge is 0.341 e. The van der Waals surface area contributed by atoms with Crippen molar-refractivity contribution in [3.05, 3.63) is 41.7 Å². The molecule has 0 unspecified atom stereocenters. The number of nitrogens with one attached hydrogen (secondary N) is 1. The third-order valence-electron chi connectivity index (χ3n) is 2.64. The summed E-state index contributed by atoms with van der Waals surface area (Å²) in [6.45, 7) is 3.44. The van der Waals surface area contributed by atoms with Crippen molar-refractivity contribution in [1.29, 1.82) is 0 Å². The van der Waals surface area contributed by atoms with Crippen molar-refractivity contribution in [2.24, 2.45) is 0 Å². The summed E-state index contributed by atoms with van der Waals surface area (Å²) in [6, 6.07) is 8.16. The highest BCUT2D eigenvalue weighted by atomic mass is 16.5. The number of carbonyl (C=O) groups excluding carboxylic acids is 2. The number of rotatable bonds is 6. The van der Waals surface area contributed by atoms with E-state index in [1.807, 2.05) is 0 Å². The second-order valence-corrected chi connectivity index (χ2v) is 4.38. The van der Waals surface area contributed by atoms with Crippen molar-refractivity contribution < 1.29 is 23.6 Å². The topological polar surface area (TPSA) is 90.7 Å². The molecule has 0 fully saturated rings. The molecular weight excluding hydrogens is 288 g/mol. The lowest BCUT2D eigenvalue weighted by atomic mass is 10.2. The normalized spacial score (nSPS) is 10.1. The minimum atomic E-state index is -0.495. The van der Waals surface area contributed by atoms with E-state index in [1.165, 1.54) is 0 Å². The Bertz CT molecular complexity index is 665. The maximum atomic E-state index is 11.8. The molecule has 1 N–H and O–H groups in total. The Labute approximate surface area is 127 Å². The van der Waals surface area contributed by atoms with Crippen molar-refractivity contribution >= 4 is 17.7 Å². The summed E-state index contributed by atoms with van der Waals surface area (Å²) in [5, 5.41) is 6.17. The summed E-state index contributed by atoms with van der Waals surface area (Å²) < 4.78 is 15.1. The third kappa shape index (κ3) is 4.08. The highest BCUT2D eigenvalue weighted by Gasteiger charge is 2.14. The molecule has 0 saturated carbocycles. The van der Waals surface area contributed by atoms with Gasteiger partial charge in [0.15, 0.2) is 12.4 Å². The van der Waals surface area contributed by atoms with Gasteiger partial charge < -0.3 is 19.3 Å². The Hall–Kier alpha value is -2.83. The van der Waals surface area contributed by atoms with Crippen molar-refractivity contribution in [2.75, 3.05) is 18.5 Å². The van der Waals surface area contributed by atoms with E-state index in [2.05, 4.69) is 10.5 Å². The van der Waals surface area contributed by atoms with Crippen LogP contribution < -0.4 is 10.1 Å². The van der Waals surface area contributed by atoms with E-state index in [0.29, 0.717) is 11.6 Å². The number of anilines is 1. The van der Waals surface area contributed by atoms with Crippen molar-refractivity contribution in [1.82, 2.24) is 5.16 Å². The SMILES string of the molecule is CCOC(=O)c1ccccc1OCC(=O)Nc1cc(C)on1. The second-order valence-electron chi connectivity index (χ2n) is 4.38. The molecule has 0 atom stereocenters. The number of aromatic nitrogens is 1. The molecule has 7 nitrogen and oxygen atoms in total. The van der Waals surface area contributed by atoms with Crippen molar-refractivity contribution in [3.63, 3.8) is 0 Å². The van der Waals surface area contributed by atoms with Crippen LogP contribution in [-0.4, -0.2) is 30.2 Å². The maximum absolute atomic E-state index is 11.8. The number of hydrogen-bond acceptors (Lipinski definition) is 6. The minimum absolute atomic E-state index is 0.262. The number of amides is 1. The van der Waals surface area contributed by atoms with Crippen LogP contribution in [0.3, 0.4) is 0 Å². The molecule has 1 aromatic heterocycles. The van der Waals surface area contributed by atoms with Gasteiger partial charge in [-0.25, -0.2) is 4.79 Å². The molecule has 0 spiro atoms. The summed E-state index contributed by atoms with van der Waals surface area (Å²) in [5.41, 5.74) is 0.273. The monoisotopic (exact) mass is 304 g/mol. The second kappa shape index (κ2) is 7.26. The Balaban J connectivity index is 1.96. The number of nitrogens with zero attached hydrogens (tertiary/aromatic N) is 1. The van der Waals surface area contributed by atoms with Crippen LogP contribution in [0.2, 0.25) is 0 Å². The fraction of sp³-hybridized carbons (Fsp3) is 0.267. The molecule has 1 aromatic carbocycles. The summed E-state index contributed by atoms with van der Waals surface area (Å²) in [6.07, 6.45) is 0. The van der Waals surface area contributed by atoms with Gasteiger partial charge in [-0.1, -0.05) is 17.3 Å². The number of benzene rings is 1. The standard InChI is InChI=1S/C15H16N2O5/c1-3-20-15(19)11-6-4-5-7-12(11)21-9-14(18)16-13-8-10(2)22-17-13/h4-8H,3,9H2,1-2H3,(H,16,17,18). The van der Waals surface area contributed by atoms with Gasteiger partial charge in [-0.15, -0.1) is 0 Å². The number of hydrogen-bond donors (Lipinski definition) is 1. The Morgan fingerprint density at radius 3 is 2.77 bits per heavy atom. The van der Waals surface area contributed by atoms with Crippen LogP contribution in [0.1, 0.15) is 23.0 Å². The molecule has 1 heterocycles. The molecule has 116 valence electrons. The number of ether oxygens (including phenoxy) is 2. The maximum Gasteiger partial charge on any atom is 0.341 e. The first-order valence-corrected chi connectivity index (χ1v) is 6.72. The average molecular weight is 304 g/mol. The third-order valence-corrected chi connectivity index (χ3v) is 2.64. The Morgan fingerprint density at radius 2 is 2.09 bits per heavy atom. The van der Waals surface area contributed by atoms with E-state index in [1.54, 1.807) is 44.2 Å².